The van der Waals surface area contributed by atoms with Crippen LogP contribution in [0.25, 0.3) is 0 Å². The third-order valence-electron chi connectivity index (χ3n) is 5.07. The molecule has 0 spiro atoms. The van der Waals surface area contributed by atoms with Crippen molar-refractivity contribution in [3.8, 4) is 0 Å². The highest BCUT2D eigenvalue weighted by atomic mass is 35.5. The van der Waals surface area contributed by atoms with E-state index < -0.39 is 0 Å². The molecular weight excluding hydrogens is 458 g/mol. The number of aromatic nitrogens is 3. The van der Waals surface area contributed by atoms with Gasteiger partial charge in [0.15, 0.2) is 5.16 Å². The van der Waals surface area contributed by atoms with Gasteiger partial charge < -0.3 is 15.2 Å². The molecule has 2 amide bonds. The van der Waals surface area contributed by atoms with Crippen LogP contribution in [-0.4, -0.2) is 32.3 Å². The largest absolute Gasteiger partial charge is 0.326 e. The zero-order valence-corrected chi connectivity index (χ0v) is 20.8. The fourth-order valence-electron chi connectivity index (χ4n) is 3.32. The van der Waals surface area contributed by atoms with E-state index in [2.05, 4.69) is 34.7 Å². The second kappa shape index (κ2) is 11.3. The summed E-state index contributed by atoms with van der Waals surface area (Å²) in [5.74, 6) is 0.715. The second-order valence-corrected chi connectivity index (χ2v) is 9.26. The summed E-state index contributed by atoms with van der Waals surface area (Å²) in [6, 6.07) is 13.2. The van der Waals surface area contributed by atoms with E-state index in [-0.39, 0.29) is 24.0 Å². The Morgan fingerprint density at radius 1 is 1.09 bits per heavy atom. The Labute approximate surface area is 203 Å². The van der Waals surface area contributed by atoms with Gasteiger partial charge in [-0.3, -0.25) is 9.59 Å². The molecule has 3 aromatic rings. The molecule has 1 aromatic heterocycles. The van der Waals surface area contributed by atoms with Gasteiger partial charge in [0.1, 0.15) is 5.82 Å². The number of para-hydroxylation sites is 1. The van der Waals surface area contributed by atoms with E-state index in [1.54, 1.807) is 12.1 Å². The summed E-state index contributed by atoms with van der Waals surface area (Å²) in [6.07, 6.45) is 0.0703. The van der Waals surface area contributed by atoms with E-state index in [4.69, 9.17) is 11.6 Å². The summed E-state index contributed by atoms with van der Waals surface area (Å²) < 4.78 is 1.85. The van der Waals surface area contributed by atoms with Crippen molar-refractivity contribution < 1.29 is 9.59 Å². The van der Waals surface area contributed by atoms with Gasteiger partial charge in [-0.15, -0.1) is 10.2 Å². The summed E-state index contributed by atoms with van der Waals surface area (Å²) in [5.41, 5.74) is 3.49. The zero-order chi connectivity index (χ0) is 24.0. The molecule has 0 radical (unpaired) electrons. The molecule has 2 aromatic carbocycles. The van der Waals surface area contributed by atoms with Gasteiger partial charge in [0.25, 0.3) is 0 Å². The number of hydrogen-bond donors (Lipinski definition) is 2. The SMILES string of the molecule is CCn1c(CC(=O)Nc2ccc(C)c(Cl)c2)nnc1SCC(=O)Nc1ccccc1C(C)C. The topological polar surface area (TPSA) is 88.9 Å². The van der Waals surface area contributed by atoms with Crippen molar-refractivity contribution in [2.45, 2.75) is 51.7 Å². The monoisotopic (exact) mass is 485 g/mol. The summed E-state index contributed by atoms with van der Waals surface area (Å²) in [4.78, 5) is 25.0. The van der Waals surface area contributed by atoms with Crippen molar-refractivity contribution in [3.05, 3.63) is 64.4 Å². The van der Waals surface area contributed by atoms with E-state index >= 15 is 0 Å². The van der Waals surface area contributed by atoms with Crippen LogP contribution in [0.4, 0.5) is 11.4 Å². The van der Waals surface area contributed by atoms with Gasteiger partial charge in [0.05, 0.1) is 12.2 Å². The zero-order valence-electron chi connectivity index (χ0n) is 19.2. The smallest absolute Gasteiger partial charge is 0.234 e. The first kappa shape index (κ1) is 24.8. The Morgan fingerprint density at radius 3 is 2.55 bits per heavy atom. The van der Waals surface area contributed by atoms with E-state index in [0.29, 0.717) is 34.2 Å². The van der Waals surface area contributed by atoms with Gasteiger partial charge in [-0.1, -0.05) is 61.5 Å². The molecule has 33 heavy (non-hydrogen) atoms. The predicted molar refractivity (Wildman–Crippen MR) is 134 cm³/mol. The normalized spacial score (nSPS) is 11.0. The second-order valence-electron chi connectivity index (χ2n) is 7.91. The standard InChI is InChI=1S/C24H28ClN5O2S/c1-5-30-21(13-22(31)26-17-11-10-16(4)19(25)12-17)28-29-24(30)33-14-23(32)27-20-9-7-6-8-18(20)15(2)3/h6-12,15H,5,13-14H2,1-4H3,(H,26,31)(H,27,32). The van der Waals surface area contributed by atoms with Gasteiger partial charge in [-0.05, 0) is 49.1 Å². The van der Waals surface area contributed by atoms with Crippen LogP contribution in [-0.2, 0) is 22.6 Å². The molecule has 0 fully saturated rings. The average molecular weight is 486 g/mol. The third-order valence-corrected chi connectivity index (χ3v) is 6.45. The first-order valence-electron chi connectivity index (χ1n) is 10.8. The maximum atomic E-state index is 12.5. The number of nitrogens with zero attached hydrogens (tertiary/aromatic N) is 3. The van der Waals surface area contributed by atoms with Crippen molar-refractivity contribution >= 4 is 46.6 Å². The van der Waals surface area contributed by atoms with Crippen LogP contribution in [0.15, 0.2) is 47.6 Å². The maximum Gasteiger partial charge on any atom is 0.234 e. The van der Waals surface area contributed by atoms with Crippen molar-refractivity contribution in [2.75, 3.05) is 16.4 Å². The van der Waals surface area contributed by atoms with E-state index in [0.717, 1.165) is 16.8 Å². The average Bonchev–Trinajstić information content (AvgIpc) is 3.16. The molecule has 1 heterocycles. The van der Waals surface area contributed by atoms with Gasteiger partial charge in [0.2, 0.25) is 11.8 Å². The fourth-order valence-corrected chi connectivity index (χ4v) is 4.33. The number of carbonyl (C=O) groups is 2. The van der Waals surface area contributed by atoms with Crippen LogP contribution in [0.5, 0.6) is 0 Å². The highest BCUT2D eigenvalue weighted by molar-refractivity contribution is 7.99. The first-order valence-corrected chi connectivity index (χ1v) is 12.1. The van der Waals surface area contributed by atoms with Gasteiger partial charge in [-0.25, -0.2) is 0 Å². The maximum absolute atomic E-state index is 12.5. The number of aryl methyl sites for hydroxylation is 1. The molecule has 174 valence electrons. The molecule has 7 nitrogen and oxygen atoms in total. The number of carbonyl (C=O) groups excluding carboxylic acids is 2. The van der Waals surface area contributed by atoms with Crippen LogP contribution in [0.3, 0.4) is 0 Å². The van der Waals surface area contributed by atoms with Gasteiger partial charge in [0, 0.05) is 22.9 Å². The predicted octanol–water partition coefficient (Wildman–Crippen LogP) is 5.30. The van der Waals surface area contributed by atoms with Crippen molar-refractivity contribution in [1.82, 2.24) is 14.8 Å². The molecule has 0 saturated heterocycles. The number of halogens is 1. The van der Waals surface area contributed by atoms with Crippen molar-refractivity contribution in [1.29, 1.82) is 0 Å². The Morgan fingerprint density at radius 2 is 1.85 bits per heavy atom. The Bertz CT molecular complexity index is 1150. The number of benzene rings is 2. The molecule has 0 aliphatic heterocycles. The first-order chi connectivity index (χ1) is 15.8. The number of anilines is 2. The number of nitrogens with one attached hydrogen (secondary N) is 2. The van der Waals surface area contributed by atoms with Crippen LogP contribution in [0, 0.1) is 6.92 Å². The molecule has 3 rings (SSSR count). The number of thioether (sulfide) groups is 1. The molecule has 0 saturated carbocycles. The highest BCUT2D eigenvalue weighted by Gasteiger charge is 2.17. The van der Waals surface area contributed by atoms with Crippen LogP contribution in [0.1, 0.15) is 43.6 Å². The summed E-state index contributed by atoms with van der Waals surface area (Å²) in [6.45, 7) is 8.63. The van der Waals surface area contributed by atoms with Crippen molar-refractivity contribution in [3.63, 3.8) is 0 Å². The molecule has 0 aliphatic rings. The Balaban J connectivity index is 1.60. The summed E-state index contributed by atoms with van der Waals surface area (Å²) in [7, 11) is 0. The molecule has 2 N–H and O–H groups in total. The lowest BCUT2D eigenvalue weighted by Crippen LogP contribution is -2.18. The lowest BCUT2D eigenvalue weighted by atomic mass is 10.0. The van der Waals surface area contributed by atoms with Crippen LogP contribution in [0.2, 0.25) is 5.02 Å². The van der Waals surface area contributed by atoms with Crippen molar-refractivity contribution in [2.24, 2.45) is 0 Å². The van der Waals surface area contributed by atoms with E-state index in [1.807, 2.05) is 48.7 Å². The lowest BCUT2D eigenvalue weighted by Gasteiger charge is -2.13. The number of rotatable bonds is 9. The Kier molecular flexibility index (Phi) is 8.52. The van der Waals surface area contributed by atoms with Crippen LogP contribution >= 0.6 is 23.4 Å². The number of amides is 2. The minimum absolute atomic E-state index is 0.0703. The molecule has 0 aliphatic carbocycles. The summed E-state index contributed by atoms with van der Waals surface area (Å²) in [5, 5.41) is 15.4. The van der Waals surface area contributed by atoms with E-state index in [9.17, 15) is 9.59 Å². The molecule has 0 bridgehead atoms. The molecule has 0 atom stereocenters. The van der Waals surface area contributed by atoms with Gasteiger partial charge >= 0.3 is 0 Å². The molecule has 0 unspecified atom stereocenters. The minimum Gasteiger partial charge on any atom is -0.326 e. The molecular formula is C24H28ClN5O2S. The van der Waals surface area contributed by atoms with Gasteiger partial charge in [-0.2, -0.15) is 0 Å². The van der Waals surface area contributed by atoms with Crippen LogP contribution < -0.4 is 10.6 Å². The third kappa shape index (κ3) is 6.58. The fraction of sp³-hybridized carbons (Fsp3) is 0.333. The number of hydrogen-bond acceptors (Lipinski definition) is 5. The lowest BCUT2D eigenvalue weighted by molar-refractivity contribution is -0.116. The van der Waals surface area contributed by atoms with E-state index in [1.165, 1.54) is 11.8 Å². The Hall–Kier alpha value is -2.84. The molecule has 9 heteroatoms. The highest BCUT2D eigenvalue weighted by Crippen LogP contribution is 2.25. The summed E-state index contributed by atoms with van der Waals surface area (Å²) >= 11 is 7.43. The quantitative estimate of drug-likeness (QED) is 0.402. The minimum atomic E-state index is -0.211.